The maximum absolute atomic E-state index is 3.27. The Balaban J connectivity index is 1.70. The molecule has 2 aromatic rings. The average molecular weight is 271 g/mol. The van der Waals surface area contributed by atoms with E-state index >= 15 is 0 Å². The Morgan fingerprint density at radius 1 is 1.10 bits per heavy atom. The zero-order valence-electron chi connectivity index (χ0n) is 12.4. The summed E-state index contributed by atoms with van der Waals surface area (Å²) in [6, 6.07) is 8.84. The zero-order valence-corrected chi connectivity index (χ0v) is 12.4. The third-order valence-electron chi connectivity index (χ3n) is 4.31. The van der Waals surface area contributed by atoms with E-state index in [1.165, 1.54) is 55.4 Å². The molecule has 3 heteroatoms. The van der Waals surface area contributed by atoms with Crippen molar-refractivity contribution in [2.24, 2.45) is 0 Å². The normalized spacial score (nSPS) is 16.2. The van der Waals surface area contributed by atoms with Gasteiger partial charge in [0.05, 0.1) is 5.52 Å². The molecule has 0 amide bonds. The van der Waals surface area contributed by atoms with E-state index in [4.69, 9.17) is 0 Å². The molecule has 1 aliphatic heterocycles. The molecule has 108 valence electrons. The first kappa shape index (κ1) is 13.7. The third-order valence-corrected chi connectivity index (χ3v) is 4.31. The van der Waals surface area contributed by atoms with Gasteiger partial charge in [-0.05, 0) is 63.0 Å². The number of nitrogens with one attached hydrogen (secondary N) is 1. The maximum Gasteiger partial charge on any atom is 0.0525 e. The summed E-state index contributed by atoms with van der Waals surface area (Å²) in [5.41, 5.74) is 2.81. The molecule has 1 saturated heterocycles. The van der Waals surface area contributed by atoms with Crippen LogP contribution in [0.25, 0.3) is 10.9 Å². The lowest BCUT2D eigenvalue weighted by atomic mass is 10.1. The van der Waals surface area contributed by atoms with Crippen LogP contribution in [0.5, 0.6) is 0 Å². The molecule has 0 spiro atoms. The van der Waals surface area contributed by atoms with Crippen molar-refractivity contribution in [3.8, 4) is 0 Å². The van der Waals surface area contributed by atoms with Crippen molar-refractivity contribution in [1.82, 2.24) is 14.8 Å². The second kappa shape index (κ2) is 6.42. The van der Waals surface area contributed by atoms with Crippen LogP contribution < -0.4 is 5.32 Å². The van der Waals surface area contributed by atoms with Crippen LogP contribution in [0.2, 0.25) is 0 Å². The molecule has 3 rings (SSSR count). The molecule has 0 aliphatic carbocycles. The van der Waals surface area contributed by atoms with Crippen molar-refractivity contribution in [2.75, 3.05) is 26.7 Å². The lowest BCUT2D eigenvalue weighted by molar-refractivity contribution is 0.326. The van der Waals surface area contributed by atoms with E-state index < -0.39 is 0 Å². The van der Waals surface area contributed by atoms with Crippen LogP contribution in [0.15, 0.2) is 30.5 Å². The van der Waals surface area contributed by atoms with Gasteiger partial charge in [-0.1, -0.05) is 18.2 Å². The first-order valence-electron chi connectivity index (χ1n) is 7.82. The number of hydrogen-bond acceptors (Lipinski definition) is 2. The number of aromatic nitrogens is 1. The number of aryl methyl sites for hydroxylation is 1. The van der Waals surface area contributed by atoms with Crippen LogP contribution in [0, 0.1) is 0 Å². The summed E-state index contributed by atoms with van der Waals surface area (Å²) in [5, 5.41) is 4.63. The number of benzene rings is 1. The molecule has 1 aliphatic rings. The molecule has 1 fully saturated rings. The second-order valence-corrected chi connectivity index (χ2v) is 5.80. The van der Waals surface area contributed by atoms with Gasteiger partial charge in [-0.3, -0.25) is 0 Å². The number of rotatable bonds is 6. The molecule has 1 N–H and O–H groups in total. The van der Waals surface area contributed by atoms with Gasteiger partial charge in [0, 0.05) is 19.3 Å². The van der Waals surface area contributed by atoms with Crippen LogP contribution in [0.4, 0.5) is 0 Å². The van der Waals surface area contributed by atoms with Crippen LogP contribution >= 0.6 is 0 Å². The highest BCUT2D eigenvalue weighted by Crippen LogP contribution is 2.21. The molecule has 0 saturated carbocycles. The van der Waals surface area contributed by atoms with E-state index in [2.05, 4.69) is 45.2 Å². The van der Waals surface area contributed by atoms with Crippen molar-refractivity contribution < 1.29 is 0 Å². The van der Waals surface area contributed by atoms with Crippen LogP contribution in [-0.2, 0) is 13.1 Å². The summed E-state index contributed by atoms with van der Waals surface area (Å²) < 4.78 is 2.43. The number of likely N-dealkylation sites (tertiary alicyclic amines) is 1. The quantitative estimate of drug-likeness (QED) is 0.872. The lowest BCUT2D eigenvalue weighted by Gasteiger charge is -2.15. The molecule has 2 heterocycles. The second-order valence-electron chi connectivity index (χ2n) is 5.80. The Kier molecular flexibility index (Phi) is 4.38. The van der Waals surface area contributed by atoms with E-state index in [-0.39, 0.29) is 0 Å². The summed E-state index contributed by atoms with van der Waals surface area (Å²) in [7, 11) is 2.01. The minimum Gasteiger partial charge on any atom is -0.347 e. The van der Waals surface area contributed by atoms with Crippen LogP contribution in [-0.4, -0.2) is 36.1 Å². The van der Waals surface area contributed by atoms with Gasteiger partial charge in [-0.25, -0.2) is 0 Å². The topological polar surface area (TPSA) is 20.2 Å². The lowest BCUT2D eigenvalue weighted by Crippen LogP contribution is -2.21. The van der Waals surface area contributed by atoms with Crippen molar-refractivity contribution in [3.05, 3.63) is 36.0 Å². The first-order valence-corrected chi connectivity index (χ1v) is 7.82. The molecule has 0 bridgehead atoms. The molecule has 3 nitrogen and oxygen atoms in total. The van der Waals surface area contributed by atoms with Gasteiger partial charge in [-0.2, -0.15) is 0 Å². The van der Waals surface area contributed by atoms with E-state index in [0.29, 0.717) is 0 Å². The fourth-order valence-electron chi connectivity index (χ4n) is 3.33. The molecular formula is C17H25N3. The average Bonchev–Trinajstić information content (AvgIpc) is 3.10. The Bertz CT molecular complexity index is 552. The highest BCUT2D eigenvalue weighted by Gasteiger charge is 2.11. The van der Waals surface area contributed by atoms with Crippen molar-refractivity contribution in [1.29, 1.82) is 0 Å². The maximum atomic E-state index is 3.27. The molecule has 0 atom stereocenters. The highest BCUT2D eigenvalue weighted by molar-refractivity contribution is 5.83. The fourth-order valence-corrected chi connectivity index (χ4v) is 3.33. The summed E-state index contributed by atoms with van der Waals surface area (Å²) >= 11 is 0. The molecular weight excluding hydrogens is 246 g/mol. The predicted molar refractivity (Wildman–Crippen MR) is 85.0 cm³/mol. The van der Waals surface area contributed by atoms with Crippen LogP contribution in [0.3, 0.4) is 0 Å². The molecule has 1 aromatic carbocycles. The highest BCUT2D eigenvalue weighted by atomic mass is 15.1. The molecule has 0 radical (unpaired) electrons. The molecule has 1 aromatic heterocycles. The van der Waals surface area contributed by atoms with E-state index in [1.807, 2.05) is 7.05 Å². The minimum atomic E-state index is 0.938. The third kappa shape index (κ3) is 2.89. The van der Waals surface area contributed by atoms with Gasteiger partial charge < -0.3 is 14.8 Å². The van der Waals surface area contributed by atoms with Crippen molar-refractivity contribution in [2.45, 2.75) is 32.4 Å². The summed E-state index contributed by atoms with van der Waals surface area (Å²) in [6.45, 7) is 5.91. The fraction of sp³-hybridized carbons (Fsp3) is 0.529. The summed E-state index contributed by atoms with van der Waals surface area (Å²) in [4.78, 5) is 2.60. The minimum absolute atomic E-state index is 0.938. The van der Waals surface area contributed by atoms with Crippen molar-refractivity contribution in [3.63, 3.8) is 0 Å². The number of para-hydroxylation sites is 1. The molecule has 20 heavy (non-hydrogen) atoms. The van der Waals surface area contributed by atoms with E-state index in [9.17, 15) is 0 Å². The molecule has 0 unspecified atom stereocenters. The summed E-state index contributed by atoms with van der Waals surface area (Å²) in [5.74, 6) is 0. The summed E-state index contributed by atoms with van der Waals surface area (Å²) in [6.07, 6.45) is 6.27. The van der Waals surface area contributed by atoms with Gasteiger partial charge >= 0.3 is 0 Å². The first-order chi connectivity index (χ1) is 9.88. The number of hydrogen-bond donors (Lipinski definition) is 1. The Morgan fingerprint density at radius 2 is 1.95 bits per heavy atom. The predicted octanol–water partition coefficient (Wildman–Crippen LogP) is 2.85. The van der Waals surface area contributed by atoms with Crippen molar-refractivity contribution >= 4 is 10.9 Å². The SMILES string of the molecule is CNCc1cccc2ccn(CCCN3CCCC3)c12. The largest absolute Gasteiger partial charge is 0.347 e. The monoisotopic (exact) mass is 271 g/mol. The van der Waals surface area contributed by atoms with Gasteiger partial charge in [0.15, 0.2) is 0 Å². The van der Waals surface area contributed by atoms with E-state index in [1.54, 1.807) is 0 Å². The number of nitrogens with zero attached hydrogens (tertiary/aromatic N) is 2. The Morgan fingerprint density at radius 3 is 2.75 bits per heavy atom. The Hall–Kier alpha value is -1.32. The van der Waals surface area contributed by atoms with Gasteiger partial charge in [0.2, 0.25) is 0 Å². The van der Waals surface area contributed by atoms with Gasteiger partial charge in [0.1, 0.15) is 0 Å². The van der Waals surface area contributed by atoms with Crippen LogP contribution in [0.1, 0.15) is 24.8 Å². The smallest absolute Gasteiger partial charge is 0.0525 e. The Labute approximate surface area is 121 Å². The number of fused-ring (bicyclic) bond motifs is 1. The van der Waals surface area contributed by atoms with Gasteiger partial charge in [0.25, 0.3) is 0 Å². The van der Waals surface area contributed by atoms with E-state index in [0.717, 1.165) is 13.1 Å². The van der Waals surface area contributed by atoms with Gasteiger partial charge in [-0.15, -0.1) is 0 Å². The zero-order chi connectivity index (χ0) is 13.8. The standard InChI is InChI=1S/C17H25N3/c1-18-14-16-7-4-6-15-8-13-20(17(15)16)12-5-11-19-9-2-3-10-19/h4,6-8,13,18H,2-3,5,9-12,14H2,1H3.